The van der Waals surface area contributed by atoms with E-state index in [2.05, 4.69) is 13.2 Å². The standard InChI is InChI=1S/C22H27F4N3O3S/c1-3-5-16(4-2)14-33(31,32)29(15-22(24,25)26)13-19-7-6-18(12-20(19)23)17-8-10-28(11-9-17)21(27)30/h3-7,12,17H,1-2,8-11,13-15H2,(H2,27,30)/b16-5+. The van der Waals surface area contributed by atoms with Gasteiger partial charge in [0.1, 0.15) is 12.4 Å². The van der Waals surface area contributed by atoms with Crippen molar-refractivity contribution < 1.29 is 30.8 Å². The van der Waals surface area contributed by atoms with Crippen LogP contribution in [0.25, 0.3) is 0 Å². The SMILES string of the molecule is C=C/C=C(\C=C)CS(=O)(=O)N(Cc1ccc(C2CCN(C(N)=O)CC2)cc1F)CC(F)(F)F. The second-order valence-electron chi connectivity index (χ2n) is 7.77. The summed E-state index contributed by atoms with van der Waals surface area (Å²) in [6.07, 6.45) is 0.160. The summed E-state index contributed by atoms with van der Waals surface area (Å²) >= 11 is 0. The van der Waals surface area contributed by atoms with Crippen LogP contribution in [0.15, 0.2) is 55.2 Å². The summed E-state index contributed by atoms with van der Waals surface area (Å²) < 4.78 is 79.8. The van der Waals surface area contributed by atoms with Crippen LogP contribution >= 0.6 is 0 Å². The van der Waals surface area contributed by atoms with Crippen molar-refractivity contribution in [3.05, 3.63) is 72.1 Å². The number of sulfonamides is 1. The predicted molar refractivity (Wildman–Crippen MR) is 118 cm³/mol. The maximum absolute atomic E-state index is 14.8. The van der Waals surface area contributed by atoms with Gasteiger partial charge >= 0.3 is 12.2 Å². The molecule has 0 unspecified atom stereocenters. The molecule has 0 aliphatic carbocycles. The third-order valence-corrected chi connectivity index (χ3v) is 7.14. The summed E-state index contributed by atoms with van der Waals surface area (Å²) in [6.45, 7) is 5.21. The average molecular weight is 490 g/mol. The lowest BCUT2D eigenvalue weighted by atomic mass is 9.89. The van der Waals surface area contributed by atoms with E-state index in [-0.39, 0.29) is 21.4 Å². The summed E-state index contributed by atoms with van der Waals surface area (Å²) in [5.74, 6) is -1.56. The van der Waals surface area contributed by atoms with Crippen molar-refractivity contribution in [2.45, 2.75) is 31.5 Å². The number of allylic oxidation sites excluding steroid dienone is 3. The molecule has 0 atom stereocenters. The van der Waals surface area contributed by atoms with Gasteiger partial charge < -0.3 is 10.6 Å². The van der Waals surface area contributed by atoms with Gasteiger partial charge in [0.05, 0.1) is 5.75 Å². The lowest BCUT2D eigenvalue weighted by molar-refractivity contribution is -0.137. The molecule has 0 spiro atoms. The Labute approximate surface area is 191 Å². The number of carbonyl (C=O) groups excluding carboxylic acids is 1. The molecular weight excluding hydrogens is 462 g/mol. The van der Waals surface area contributed by atoms with E-state index < -0.39 is 46.9 Å². The average Bonchev–Trinajstić information content (AvgIpc) is 2.73. The first-order chi connectivity index (χ1) is 15.4. The van der Waals surface area contributed by atoms with Crippen molar-refractivity contribution in [3.63, 3.8) is 0 Å². The number of alkyl halides is 3. The number of nitrogens with two attached hydrogens (primary N) is 1. The molecular formula is C22H27F4N3O3S. The van der Waals surface area contributed by atoms with E-state index in [1.807, 2.05) is 0 Å². The maximum atomic E-state index is 14.8. The second-order valence-corrected chi connectivity index (χ2v) is 9.74. The second kappa shape index (κ2) is 11.0. The van der Waals surface area contributed by atoms with Gasteiger partial charge in [-0.1, -0.05) is 43.5 Å². The monoisotopic (exact) mass is 489 g/mol. The van der Waals surface area contributed by atoms with Crippen LogP contribution in [0.3, 0.4) is 0 Å². The van der Waals surface area contributed by atoms with E-state index in [1.54, 1.807) is 6.07 Å². The molecule has 6 nitrogen and oxygen atoms in total. The Hall–Kier alpha value is -2.66. The number of primary amides is 1. The van der Waals surface area contributed by atoms with Crippen molar-refractivity contribution >= 4 is 16.1 Å². The van der Waals surface area contributed by atoms with Crippen LogP contribution in [0.2, 0.25) is 0 Å². The summed E-state index contributed by atoms with van der Waals surface area (Å²) in [7, 11) is -4.44. The minimum Gasteiger partial charge on any atom is -0.351 e. The minimum absolute atomic E-state index is 0.0432. The van der Waals surface area contributed by atoms with Crippen molar-refractivity contribution in [3.8, 4) is 0 Å². The number of nitrogens with zero attached hydrogens (tertiary/aromatic N) is 2. The molecule has 1 fully saturated rings. The van der Waals surface area contributed by atoms with E-state index in [4.69, 9.17) is 5.73 Å². The van der Waals surface area contributed by atoms with Gasteiger partial charge in [-0.15, -0.1) is 0 Å². The van der Waals surface area contributed by atoms with Crippen LogP contribution in [0.1, 0.15) is 29.9 Å². The topological polar surface area (TPSA) is 83.7 Å². The van der Waals surface area contributed by atoms with Gasteiger partial charge in [-0.2, -0.15) is 17.5 Å². The zero-order chi connectivity index (χ0) is 24.8. The number of likely N-dealkylation sites (tertiary alicyclic amines) is 1. The first-order valence-corrected chi connectivity index (χ1v) is 11.8. The first-order valence-electron chi connectivity index (χ1n) is 10.2. The number of rotatable bonds is 9. The number of hydrogen-bond acceptors (Lipinski definition) is 3. The number of halogens is 4. The zero-order valence-electron chi connectivity index (χ0n) is 18.0. The molecule has 1 aromatic carbocycles. The minimum atomic E-state index is -4.81. The van der Waals surface area contributed by atoms with Crippen LogP contribution in [0.4, 0.5) is 22.4 Å². The molecule has 1 aromatic rings. The number of carbonyl (C=O) groups is 1. The molecule has 1 aliphatic heterocycles. The lowest BCUT2D eigenvalue weighted by Crippen LogP contribution is -2.41. The fourth-order valence-electron chi connectivity index (χ4n) is 3.65. The molecule has 0 radical (unpaired) electrons. The predicted octanol–water partition coefficient (Wildman–Crippen LogP) is 4.08. The van der Waals surface area contributed by atoms with Crippen LogP contribution in [-0.4, -0.2) is 55.2 Å². The van der Waals surface area contributed by atoms with Crippen LogP contribution in [-0.2, 0) is 16.6 Å². The van der Waals surface area contributed by atoms with Crippen LogP contribution in [0, 0.1) is 5.82 Å². The van der Waals surface area contributed by atoms with E-state index >= 15 is 0 Å². The summed E-state index contributed by atoms with van der Waals surface area (Å²) in [4.78, 5) is 12.7. The number of piperidine rings is 1. The molecule has 11 heteroatoms. The normalized spacial score (nSPS) is 16.2. The molecule has 33 heavy (non-hydrogen) atoms. The quantitative estimate of drug-likeness (QED) is 0.419. The summed E-state index contributed by atoms with van der Waals surface area (Å²) in [6, 6.07) is 3.57. The third-order valence-electron chi connectivity index (χ3n) is 5.39. The highest BCUT2D eigenvalue weighted by Gasteiger charge is 2.37. The molecule has 182 valence electrons. The lowest BCUT2D eigenvalue weighted by Gasteiger charge is -2.31. The number of benzene rings is 1. The van der Waals surface area contributed by atoms with E-state index in [0.717, 1.165) is 0 Å². The third kappa shape index (κ3) is 7.71. The summed E-state index contributed by atoms with van der Waals surface area (Å²) in [5, 5.41) is 0. The maximum Gasteiger partial charge on any atom is 0.402 e. The summed E-state index contributed by atoms with van der Waals surface area (Å²) in [5.41, 5.74) is 5.88. The zero-order valence-corrected chi connectivity index (χ0v) is 18.8. The Morgan fingerprint density at radius 1 is 1.24 bits per heavy atom. The molecule has 1 heterocycles. The van der Waals surface area contributed by atoms with E-state index in [1.165, 1.54) is 35.3 Å². The number of hydrogen-bond donors (Lipinski definition) is 1. The van der Waals surface area contributed by atoms with E-state index in [9.17, 15) is 30.8 Å². The Morgan fingerprint density at radius 2 is 1.88 bits per heavy atom. The Morgan fingerprint density at radius 3 is 2.36 bits per heavy atom. The Bertz CT molecular complexity index is 1010. The highest BCUT2D eigenvalue weighted by Crippen LogP contribution is 2.30. The van der Waals surface area contributed by atoms with Gasteiger partial charge in [-0.05, 0) is 36.0 Å². The molecule has 2 amide bonds. The van der Waals surface area contributed by atoms with Gasteiger partial charge in [0.25, 0.3) is 0 Å². The number of urea groups is 1. The molecule has 1 saturated heterocycles. The Balaban J connectivity index is 2.24. The van der Waals surface area contributed by atoms with Gasteiger partial charge in [-0.3, -0.25) is 0 Å². The molecule has 0 aromatic heterocycles. The van der Waals surface area contributed by atoms with E-state index in [0.29, 0.717) is 31.5 Å². The van der Waals surface area contributed by atoms with Crippen LogP contribution in [0.5, 0.6) is 0 Å². The van der Waals surface area contributed by atoms with Crippen LogP contribution < -0.4 is 5.73 Å². The molecule has 0 bridgehead atoms. The first kappa shape index (κ1) is 26.6. The highest BCUT2D eigenvalue weighted by molar-refractivity contribution is 7.89. The molecule has 0 saturated carbocycles. The van der Waals surface area contributed by atoms with Gasteiger partial charge in [0, 0.05) is 25.2 Å². The fourth-order valence-corrected chi connectivity index (χ4v) is 5.15. The van der Waals surface area contributed by atoms with Gasteiger partial charge in [0.15, 0.2) is 0 Å². The largest absolute Gasteiger partial charge is 0.402 e. The Kier molecular flexibility index (Phi) is 8.84. The smallest absolute Gasteiger partial charge is 0.351 e. The van der Waals surface area contributed by atoms with Crippen molar-refractivity contribution in [1.82, 2.24) is 9.21 Å². The highest BCUT2D eigenvalue weighted by atomic mass is 32.2. The van der Waals surface area contributed by atoms with Crippen molar-refractivity contribution in [2.75, 3.05) is 25.4 Å². The molecule has 2 rings (SSSR count). The van der Waals surface area contributed by atoms with Crippen molar-refractivity contribution in [1.29, 1.82) is 0 Å². The molecule has 2 N–H and O–H groups in total. The number of amides is 2. The molecule has 1 aliphatic rings. The van der Waals surface area contributed by atoms with Gasteiger partial charge in [0.2, 0.25) is 10.0 Å². The van der Waals surface area contributed by atoms with Crippen molar-refractivity contribution in [2.24, 2.45) is 5.73 Å². The fraction of sp³-hybridized carbons (Fsp3) is 0.409. The van der Waals surface area contributed by atoms with Gasteiger partial charge in [-0.25, -0.2) is 17.6 Å².